The Labute approximate surface area is 99.1 Å². The second-order valence-electron chi connectivity index (χ2n) is 3.48. The lowest BCUT2D eigenvalue weighted by Crippen LogP contribution is -2.47. The molecule has 0 heterocycles. The van der Waals surface area contributed by atoms with E-state index in [1.165, 1.54) is 14.2 Å². The first-order valence-corrected chi connectivity index (χ1v) is 5.01. The maximum atomic E-state index is 11.4. The van der Waals surface area contributed by atoms with Gasteiger partial charge in [0.05, 0.1) is 20.6 Å². The van der Waals surface area contributed by atoms with Gasteiger partial charge < -0.3 is 19.9 Å². The molecule has 0 aliphatic heterocycles. The van der Waals surface area contributed by atoms with Gasteiger partial charge in [0.2, 0.25) is 5.91 Å². The summed E-state index contributed by atoms with van der Waals surface area (Å²) in [5, 5.41) is 10.9. The van der Waals surface area contributed by atoms with Gasteiger partial charge in [-0.2, -0.15) is 0 Å². The Morgan fingerprint density at radius 3 is 2.24 bits per heavy atom. The number of rotatable bonds is 6. The largest absolute Gasteiger partial charge is 0.469 e. The quantitative estimate of drug-likeness (QED) is 0.574. The predicted molar refractivity (Wildman–Crippen MR) is 56.8 cm³/mol. The highest BCUT2D eigenvalue weighted by Gasteiger charge is 2.29. The molecule has 17 heavy (non-hydrogen) atoms. The van der Waals surface area contributed by atoms with Crippen molar-refractivity contribution in [2.24, 2.45) is 5.92 Å². The van der Waals surface area contributed by atoms with Crippen LogP contribution in [0.15, 0.2) is 0 Å². The molecular weight excluding hydrogens is 230 g/mol. The van der Waals surface area contributed by atoms with E-state index in [0.717, 1.165) is 0 Å². The van der Waals surface area contributed by atoms with E-state index >= 15 is 0 Å². The zero-order valence-corrected chi connectivity index (χ0v) is 10.1. The van der Waals surface area contributed by atoms with Gasteiger partial charge in [-0.15, -0.1) is 0 Å². The van der Waals surface area contributed by atoms with Crippen LogP contribution in [0.1, 0.15) is 13.3 Å². The highest BCUT2D eigenvalue weighted by atomic mass is 16.5. The lowest BCUT2D eigenvalue weighted by Gasteiger charge is -2.21. The number of carbonyl (C=O) groups is 3. The third-order valence-electron chi connectivity index (χ3n) is 2.20. The number of amides is 1. The molecule has 7 heteroatoms. The highest BCUT2D eigenvalue weighted by Crippen LogP contribution is 2.10. The van der Waals surface area contributed by atoms with Gasteiger partial charge >= 0.3 is 11.9 Å². The van der Waals surface area contributed by atoms with Crippen LogP contribution >= 0.6 is 0 Å². The van der Waals surface area contributed by atoms with Crippen molar-refractivity contribution in [1.82, 2.24) is 5.32 Å². The summed E-state index contributed by atoms with van der Waals surface area (Å²) in [7, 11) is 2.40. The number of aliphatic hydroxyl groups excluding tert-OH is 1. The van der Waals surface area contributed by atoms with Crippen LogP contribution in [0.4, 0.5) is 0 Å². The zero-order valence-electron chi connectivity index (χ0n) is 10.1. The Morgan fingerprint density at radius 1 is 1.24 bits per heavy atom. The molecule has 0 aromatic heterocycles. The van der Waals surface area contributed by atoms with E-state index in [2.05, 4.69) is 14.8 Å². The molecule has 2 atom stereocenters. The zero-order chi connectivity index (χ0) is 13.4. The molecule has 0 radical (unpaired) electrons. The van der Waals surface area contributed by atoms with Crippen molar-refractivity contribution in [2.75, 3.05) is 20.8 Å². The lowest BCUT2D eigenvalue weighted by atomic mass is 9.98. The second kappa shape index (κ2) is 7.61. The summed E-state index contributed by atoms with van der Waals surface area (Å²) in [5.74, 6) is -2.38. The topological polar surface area (TPSA) is 102 Å². The molecular formula is C10H17NO6. The van der Waals surface area contributed by atoms with E-state index in [4.69, 9.17) is 5.11 Å². The highest BCUT2D eigenvalue weighted by molar-refractivity contribution is 5.85. The molecule has 0 aromatic carbocycles. The van der Waals surface area contributed by atoms with E-state index in [1.807, 2.05) is 0 Å². The van der Waals surface area contributed by atoms with Crippen molar-refractivity contribution >= 4 is 17.8 Å². The molecule has 2 N–H and O–H groups in total. The molecule has 0 aliphatic rings. The van der Waals surface area contributed by atoms with Gasteiger partial charge in [0.25, 0.3) is 0 Å². The summed E-state index contributed by atoms with van der Waals surface area (Å²) in [4.78, 5) is 33.5. The summed E-state index contributed by atoms with van der Waals surface area (Å²) in [5.41, 5.74) is 0. The van der Waals surface area contributed by atoms with Crippen molar-refractivity contribution in [1.29, 1.82) is 0 Å². The Bertz CT molecular complexity index is 291. The minimum absolute atomic E-state index is 0.0397. The second-order valence-corrected chi connectivity index (χ2v) is 3.48. The summed E-state index contributed by atoms with van der Waals surface area (Å²) in [6, 6.07) is -0.987. The van der Waals surface area contributed by atoms with Crippen molar-refractivity contribution in [3.8, 4) is 0 Å². The number of hydrogen-bond acceptors (Lipinski definition) is 6. The summed E-state index contributed by atoms with van der Waals surface area (Å²) in [6.07, 6.45) is -0.0397. The van der Waals surface area contributed by atoms with E-state index in [9.17, 15) is 14.4 Å². The SMILES string of the molecule is COC(=O)C[C@H](C)[C@H](NC(=O)CO)C(=O)OC. The number of nitrogens with one attached hydrogen (secondary N) is 1. The van der Waals surface area contributed by atoms with Gasteiger partial charge in [-0.05, 0) is 5.92 Å². The van der Waals surface area contributed by atoms with Gasteiger partial charge in [-0.25, -0.2) is 4.79 Å². The Morgan fingerprint density at radius 2 is 1.82 bits per heavy atom. The van der Waals surface area contributed by atoms with Crippen LogP contribution in [-0.4, -0.2) is 49.8 Å². The number of ether oxygens (including phenoxy) is 2. The van der Waals surface area contributed by atoms with Gasteiger partial charge in [-0.3, -0.25) is 9.59 Å². The van der Waals surface area contributed by atoms with Gasteiger partial charge in [0.1, 0.15) is 12.6 Å². The molecule has 0 aromatic rings. The lowest BCUT2D eigenvalue weighted by molar-refractivity contribution is -0.148. The number of aliphatic hydroxyl groups is 1. The first-order chi connectivity index (χ1) is 7.96. The first kappa shape index (κ1) is 15.4. The van der Waals surface area contributed by atoms with Crippen LogP contribution in [0.25, 0.3) is 0 Å². The summed E-state index contributed by atoms with van der Waals surface area (Å²) < 4.78 is 8.97. The monoisotopic (exact) mass is 247 g/mol. The van der Waals surface area contributed by atoms with Crippen LogP contribution in [0, 0.1) is 5.92 Å². The third-order valence-corrected chi connectivity index (χ3v) is 2.20. The van der Waals surface area contributed by atoms with Gasteiger partial charge in [0.15, 0.2) is 0 Å². The number of esters is 2. The van der Waals surface area contributed by atoms with Crippen molar-refractivity contribution < 1.29 is 29.0 Å². The van der Waals surface area contributed by atoms with E-state index < -0.39 is 36.4 Å². The van der Waals surface area contributed by atoms with Crippen LogP contribution < -0.4 is 5.32 Å². The summed E-state index contributed by atoms with van der Waals surface area (Å²) >= 11 is 0. The fourth-order valence-corrected chi connectivity index (χ4v) is 1.24. The minimum Gasteiger partial charge on any atom is -0.469 e. The van der Waals surface area contributed by atoms with Gasteiger partial charge in [-0.1, -0.05) is 6.92 Å². The van der Waals surface area contributed by atoms with Gasteiger partial charge in [0, 0.05) is 0 Å². The average Bonchev–Trinajstić information content (AvgIpc) is 2.33. The molecule has 7 nitrogen and oxygen atoms in total. The Hall–Kier alpha value is -1.63. The number of hydrogen-bond donors (Lipinski definition) is 2. The molecule has 0 bridgehead atoms. The third kappa shape index (κ3) is 5.30. The fourth-order valence-electron chi connectivity index (χ4n) is 1.24. The Balaban J connectivity index is 4.61. The van der Waals surface area contributed by atoms with Crippen molar-refractivity contribution in [3.63, 3.8) is 0 Å². The molecule has 0 unspecified atom stereocenters. The van der Waals surface area contributed by atoms with Crippen LogP contribution in [0.2, 0.25) is 0 Å². The average molecular weight is 247 g/mol. The maximum absolute atomic E-state index is 11.4. The molecule has 0 aliphatic carbocycles. The molecule has 98 valence electrons. The smallest absolute Gasteiger partial charge is 0.328 e. The molecule has 0 saturated heterocycles. The van der Waals surface area contributed by atoms with Crippen LogP contribution in [0.3, 0.4) is 0 Å². The standard InChI is InChI=1S/C10H17NO6/c1-6(4-8(14)16-2)9(10(15)17-3)11-7(13)5-12/h6,9,12H,4-5H2,1-3H3,(H,11,13)/t6-,9-/m0/s1. The molecule has 0 saturated carbocycles. The van der Waals surface area contributed by atoms with E-state index in [1.54, 1.807) is 6.92 Å². The molecule has 0 fully saturated rings. The van der Waals surface area contributed by atoms with Crippen molar-refractivity contribution in [3.05, 3.63) is 0 Å². The maximum Gasteiger partial charge on any atom is 0.328 e. The van der Waals surface area contributed by atoms with E-state index in [0.29, 0.717) is 0 Å². The molecule has 1 amide bonds. The first-order valence-electron chi connectivity index (χ1n) is 5.01. The predicted octanol–water partition coefficient (Wildman–Crippen LogP) is -1.16. The number of methoxy groups -OCH3 is 2. The minimum atomic E-state index is -0.987. The fraction of sp³-hybridized carbons (Fsp3) is 0.700. The molecule has 0 rings (SSSR count). The molecule has 0 spiro atoms. The van der Waals surface area contributed by atoms with Crippen molar-refractivity contribution in [2.45, 2.75) is 19.4 Å². The van der Waals surface area contributed by atoms with E-state index in [-0.39, 0.29) is 6.42 Å². The van der Waals surface area contributed by atoms with Crippen LogP contribution in [-0.2, 0) is 23.9 Å². The Kier molecular flexibility index (Phi) is 6.88. The normalized spacial score (nSPS) is 13.4. The van der Waals surface area contributed by atoms with Crippen LogP contribution in [0.5, 0.6) is 0 Å². The summed E-state index contributed by atoms with van der Waals surface area (Å²) in [6.45, 7) is 0.856. The number of carbonyl (C=O) groups excluding carboxylic acids is 3.